The Balaban J connectivity index is 3.06. The van der Waals surface area contributed by atoms with Crippen LogP contribution in [-0.2, 0) is 10.2 Å². The monoisotopic (exact) mass is 220 g/mol. The van der Waals surface area contributed by atoms with Crippen molar-refractivity contribution in [2.24, 2.45) is 5.73 Å². The molecule has 0 radical (unpaired) electrons. The summed E-state index contributed by atoms with van der Waals surface area (Å²) in [4.78, 5) is 22.5. The molecule has 16 heavy (non-hydrogen) atoms. The molecule has 0 heterocycles. The third kappa shape index (κ3) is 2.21. The van der Waals surface area contributed by atoms with Crippen molar-refractivity contribution >= 4 is 11.8 Å². The average Bonchev–Trinajstić information content (AvgIpc) is 2.28. The Morgan fingerprint density at radius 3 is 2.06 bits per heavy atom. The van der Waals surface area contributed by atoms with Crippen LogP contribution in [0.25, 0.3) is 0 Å². The van der Waals surface area contributed by atoms with E-state index in [9.17, 15) is 9.59 Å². The molecule has 4 nitrogen and oxygen atoms in total. The maximum absolute atomic E-state index is 11.7. The molecule has 0 aliphatic carbocycles. The second-order valence-corrected chi connectivity index (χ2v) is 4.15. The third-order valence-corrected chi connectivity index (χ3v) is 2.69. The summed E-state index contributed by atoms with van der Waals surface area (Å²) in [6.45, 7) is 3.65. The van der Waals surface area contributed by atoms with E-state index in [-0.39, 0.29) is 5.91 Å². The Bertz CT molecular complexity index is 408. The van der Waals surface area contributed by atoms with Gasteiger partial charge in [-0.1, -0.05) is 12.1 Å². The molecular weight excluding hydrogens is 204 g/mol. The van der Waals surface area contributed by atoms with Crippen molar-refractivity contribution in [3.8, 4) is 0 Å². The van der Waals surface area contributed by atoms with Crippen LogP contribution in [0.4, 0.5) is 0 Å². The van der Waals surface area contributed by atoms with E-state index in [0.717, 1.165) is 5.56 Å². The predicted molar refractivity (Wildman–Crippen MR) is 62.1 cm³/mol. The molecular formula is C12H16N2O2. The van der Waals surface area contributed by atoms with E-state index in [2.05, 4.69) is 5.32 Å². The van der Waals surface area contributed by atoms with Crippen LogP contribution in [0.1, 0.15) is 29.8 Å². The SMILES string of the molecule is CNC(=O)C(C)(C)c1ccc(C(N)=O)cc1. The fourth-order valence-electron chi connectivity index (χ4n) is 1.49. The van der Waals surface area contributed by atoms with Gasteiger partial charge in [-0.05, 0) is 31.5 Å². The van der Waals surface area contributed by atoms with Crippen LogP contribution in [0.5, 0.6) is 0 Å². The van der Waals surface area contributed by atoms with Crippen molar-refractivity contribution < 1.29 is 9.59 Å². The molecule has 86 valence electrons. The number of nitrogens with two attached hydrogens (primary N) is 1. The Kier molecular flexibility index (Phi) is 3.32. The number of primary amides is 1. The smallest absolute Gasteiger partial charge is 0.248 e. The van der Waals surface area contributed by atoms with Crippen molar-refractivity contribution in [1.29, 1.82) is 0 Å². The molecule has 0 spiro atoms. The lowest BCUT2D eigenvalue weighted by molar-refractivity contribution is -0.125. The van der Waals surface area contributed by atoms with Crippen LogP contribution in [0.3, 0.4) is 0 Å². The number of rotatable bonds is 3. The number of hydrogen-bond acceptors (Lipinski definition) is 2. The lowest BCUT2D eigenvalue weighted by atomic mass is 9.83. The summed E-state index contributed by atoms with van der Waals surface area (Å²) in [6.07, 6.45) is 0. The van der Waals surface area contributed by atoms with Gasteiger partial charge in [0.1, 0.15) is 0 Å². The number of carbonyl (C=O) groups excluding carboxylic acids is 2. The number of nitrogens with one attached hydrogen (secondary N) is 1. The first-order valence-corrected chi connectivity index (χ1v) is 5.02. The van der Waals surface area contributed by atoms with Gasteiger partial charge in [-0.25, -0.2) is 0 Å². The van der Waals surface area contributed by atoms with Crippen molar-refractivity contribution in [1.82, 2.24) is 5.32 Å². The summed E-state index contributed by atoms with van der Waals surface area (Å²) >= 11 is 0. The first kappa shape index (κ1) is 12.2. The molecule has 4 heteroatoms. The predicted octanol–water partition coefficient (Wildman–Crippen LogP) is 0.809. The highest BCUT2D eigenvalue weighted by molar-refractivity contribution is 5.93. The molecule has 0 atom stereocenters. The van der Waals surface area contributed by atoms with Crippen LogP contribution in [0.15, 0.2) is 24.3 Å². The Labute approximate surface area is 94.8 Å². The zero-order valence-corrected chi connectivity index (χ0v) is 9.70. The number of carbonyl (C=O) groups is 2. The number of likely N-dealkylation sites (N-methyl/N-ethyl adjacent to an activating group) is 1. The molecule has 3 N–H and O–H groups in total. The summed E-state index contributed by atoms with van der Waals surface area (Å²) in [5, 5.41) is 2.61. The van der Waals surface area contributed by atoms with Crippen LogP contribution >= 0.6 is 0 Å². The lowest BCUT2D eigenvalue weighted by Gasteiger charge is -2.23. The van der Waals surface area contributed by atoms with E-state index in [4.69, 9.17) is 5.73 Å². The molecule has 0 unspecified atom stereocenters. The molecule has 1 aromatic carbocycles. The fourth-order valence-corrected chi connectivity index (χ4v) is 1.49. The molecule has 1 aromatic rings. The van der Waals surface area contributed by atoms with Gasteiger partial charge in [-0.2, -0.15) is 0 Å². The standard InChI is InChI=1S/C12H16N2O2/c1-12(2,11(16)14-3)9-6-4-8(5-7-9)10(13)15/h4-7H,1-3H3,(H2,13,15)(H,14,16). The van der Waals surface area contributed by atoms with Gasteiger partial charge in [0.2, 0.25) is 11.8 Å². The van der Waals surface area contributed by atoms with Gasteiger partial charge in [0.15, 0.2) is 0 Å². The summed E-state index contributed by atoms with van der Waals surface area (Å²) in [7, 11) is 1.60. The number of benzene rings is 1. The molecule has 0 aliphatic heterocycles. The van der Waals surface area contributed by atoms with E-state index < -0.39 is 11.3 Å². The van der Waals surface area contributed by atoms with E-state index >= 15 is 0 Å². The van der Waals surface area contributed by atoms with Crippen LogP contribution in [0.2, 0.25) is 0 Å². The highest BCUT2D eigenvalue weighted by Crippen LogP contribution is 2.23. The normalized spacial score (nSPS) is 10.9. The van der Waals surface area contributed by atoms with Crippen LogP contribution < -0.4 is 11.1 Å². The summed E-state index contributed by atoms with van der Waals surface area (Å²) in [5.74, 6) is -0.538. The Morgan fingerprint density at radius 2 is 1.69 bits per heavy atom. The topological polar surface area (TPSA) is 72.2 Å². The second-order valence-electron chi connectivity index (χ2n) is 4.15. The molecule has 0 aliphatic rings. The molecule has 1 rings (SSSR count). The van der Waals surface area contributed by atoms with Crippen molar-refractivity contribution in [2.45, 2.75) is 19.3 Å². The summed E-state index contributed by atoms with van der Waals surface area (Å²) in [6, 6.07) is 6.75. The van der Waals surface area contributed by atoms with Crippen molar-refractivity contribution in [2.75, 3.05) is 7.05 Å². The number of hydrogen-bond donors (Lipinski definition) is 2. The summed E-state index contributed by atoms with van der Waals surface area (Å²) in [5.41, 5.74) is 5.81. The zero-order valence-electron chi connectivity index (χ0n) is 9.70. The van der Waals surface area contributed by atoms with Gasteiger partial charge in [0.25, 0.3) is 0 Å². The first-order valence-electron chi connectivity index (χ1n) is 5.02. The second kappa shape index (κ2) is 4.35. The average molecular weight is 220 g/mol. The molecule has 2 amide bonds. The highest BCUT2D eigenvalue weighted by Gasteiger charge is 2.28. The maximum atomic E-state index is 11.7. The van der Waals surface area contributed by atoms with Crippen molar-refractivity contribution in [3.63, 3.8) is 0 Å². The van der Waals surface area contributed by atoms with Crippen molar-refractivity contribution in [3.05, 3.63) is 35.4 Å². The minimum Gasteiger partial charge on any atom is -0.366 e. The first-order chi connectivity index (χ1) is 7.39. The summed E-state index contributed by atoms with van der Waals surface area (Å²) < 4.78 is 0. The van der Waals surface area contributed by atoms with Crippen LogP contribution in [-0.4, -0.2) is 18.9 Å². The molecule has 0 fully saturated rings. The quantitative estimate of drug-likeness (QED) is 0.791. The minimum absolute atomic E-state index is 0.0701. The fraction of sp³-hybridized carbons (Fsp3) is 0.333. The highest BCUT2D eigenvalue weighted by atomic mass is 16.2. The van der Waals surface area contributed by atoms with E-state index in [1.807, 2.05) is 13.8 Å². The molecule has 0 saturated carbocycles. The molecule has 0 aromatic heterocycles. The Morgan fingerprint density at radius 1 is 1.19 bits per heavy atom. The van der Waals surface area contributed by atoms with Gasteiger partial charge in [-0.15, -0.1) is 0 Å². The lowest BCUT2D eigenvalue weighted by Crippen LogP contribution is -2.38. The maximum Gasteiger partial charge on any atom is 0.248 e. The zero-order chi connectivity index (χ0) is 12.3. The van der Waals surface area contributed by atoms with E-state index in [1.165, 1.54) is 0 Å². The third-order valence-electron chi connectivity index (χ3n) is 2.69. The van der Waals surface area contributed by atoms with Gasteiger partial charge in [0.05, 0.1) is 5.41 Å². The number of amides is 2. The van der Waals surface area contributed by atoms with Gasteiger partial charge < -0.3 is 11.1 Å². The van der Waals surface area contributed by atoms with E-state index in [0.29, 0.717) is 5.56 Å². The van der Waals surface area contributed by atoms with E-state index in [1.54, 1.807) is 31.3 Å². The van der Waals surface area contributed by atoms with Gasteiger partial charge >= 0.3 is 0 Å². The molecule has 0 saturated heterocycles. The minimum atomic E-state index is -0.620. The van der Waals surface area contributed by atoms with Gasteiger partial charge in [0, 0.05) is 12.6 Å². The van der Waals surface area contributed by atoms with Crippen LogP contribution in [0, 0.1) is 0 Å². The van der Waals surface area contributed by atoms with Gasteiger partial charge in [-0.3, -0.25) is 9.59 Å². The largest absolute Gasteiger partial charge is 0.366 e. The molecule has 0 bridgehead atoms. The Hall–Kier alpha value is -1.84.